The van der Waals surface area contributed by atoms with Crippen molar-refractivity contribution in [2.45, 2.75) is 4.90 Å². The lowest BCUT2D eigenvalue weighted by atomic mass is 10.3. The molecular formula is C12H9BrCl2N2O2S. The van der Waals surface area contributed by atoms with Gasteiger partial charge in [-0.3, -0.25) is 4.72 Å². The number of hydrogen-bond donors (Lipinski definition) is 2. The van der Waals surface area contributed by atoms with E-state index in [-0.39, 0.29) is 21.3 Å². The van der Waals surface area contributed by atoms with Crippen molar-refractivity contribution in [1.82, 2.24) is 0 Å². The second-order valence-electron chi connectivity index (χ2n) is 3.91. The van der Waals surface area contributed by atoms with Crippen molar-refractivity contribution < 1.29 is 8.42 Å². The number of sulfonamides is 1. The van der Waals surface area contributed by atoms with E-state index in [0.29, 0.717) is 9.50 Å². The zero-order valence-electron chi connectivity index (χ0n) is 9.90. The average Bonchev–Trinajstić information content (AvgIpc) is 2.33. The Morgan fingerprint density at radius 1 is 1.10 bits per heavy atom. The van der Waals surface area contributed by atoms with Gasteiger partial charge in [0.25, 0.3) is 10.0 Å². The smallest absolute Gasteiger partial charge is 0.263 e. The molecule has 0 heterocycles. The summed E-state index contributed by atoms with van der Waals surface area (Å²) < 4.78 is 27.6. The van der Waals surface area contributed by atoms with Gasteiger partial charge in [-0.1, -0.05) is 39.1 Å². The maximum Gasteiger partial charge on any atom is 0.263 e. The highest BCUT2D eigenvalue weighted by atomic mass is 79.9. The van der Waals surface area contributed by atoms with E-state index < -0.39 is 10.0 Å². The number of nitrogens with one attached hydrogen (secondary N) is 1. The highest BCUT2D eigenvalue weighted by molar-refractivity contribution is 9.10. The number of rotatable bonds is 3. The van der Waals surface area contributed by atoms with Crippen LogP contribution in [0.15, 0.2) is 45.8 Å². The van der Waals surface area contributed by atoms with Crippen molar-refractivity contribution in [2.24, 2.45) is 0 Å². The van der Waals surface area contributed by atoms with Crippen LogP contribution in [-0.2, 0) is 10.0 Å². The van der Waals surface area contributed by atoms with Gasteiger partial charge in [-0.05, 0) is 36.4 Å². The molecule has 0 aromatic heterocycles. The van der Waals surface area contributed by atoms with Crippen LogP contribution in [0.5, 0.6) is 0 Å². The fourth-order valence-corrected chi connectivity index (χ4v) is 3.50. The summed E-state index contributed by atoms with van der Waals surface area (Å²) >= 11 is 15.0. The van der Waals surface area contributed by atoms with Gasteiger partial charge in [-0.15, -0.1) is 0 Å². The molecule has 0 aliphatic carbocycles. The van der Waals surface area contributed by atoms with Gasteiger partial charge in [-0.2, -0.15) is 0 Å². The minimum absolute atomic E-state index is 0.0308. The molecule has 2 aromatic rings. The lowest BCUT2D eigenvalue weighted by Crippen LogP contribution is -2.15. The van der Waals surface area contributed by atoms with Crippen LogP contribution in [0.4, 0.5) is 11.4 Å². The number of nitrogen functional groups attached to an aromatic ring is 1. The number of halogens is 3. The molecule has 0 radical (unpaired) electrons. The molecule has 20 heavy (non-hydrogen) atoms. The maximum absolute atomic E-state index is 12.3. The highest BCUT2D eigenvalue weighted by Crippen LogP contribution is 2.29. The van der Waals surface area contributed by atoms with Crippen molar-refractivity contribution in [3.05, 3.63) is 50.9 Å². The van der Waals surface area contributed by atoms with E-state index in [0.717, 1.165) is 0 Å². The fourth-order valence-electron chi connectivity index (χ4n) is 1.54. The first-order chi connectivity index (χ1) is 9.29. The molecule has 0 aliphatic heterocycles. The average molecular weight is 396 g/mol. The molecule has 0 saturated heterocycles. The predicted molar refractivity (Wildman–Crippen MR) is 85.8 cm³/mol. The summed E-state index contributed by atoms with van der Waals surface area (Å²) in [7, 11) is -3.84. The van der Waals surface area contributed by atoms with E-state index in [2.05, 4.69) is 20.7 Å². The highest BCUT2D eigenvalue weighted by Gasteiger charge is 2.19. The molecule has 106 valence electrons. The molecule has 0 bridgehead atoms. The fraction of sp³-hybridized carbons (Fsp3) is 0. The van der Waals surface area contributed by atoms with Gasteiger partial charge >= 0.3 is 0 Å². The van der Waals surface area contributed by atoms with Crippen molar-refractivity contribution in [3.63, 3.8) is 0 Å². The monoisotopic (exact) mass is 394 g/mol. The first-order valence-electron chi connectivity index (χ1n) is 5.32. The summed E-state index contributed by atoms with van der Waals surface area (Å²) in [6, 6.07) is 9.00. The molecule has 0 fully saturated rings. The van der Waals surface area contributed by atoms with E-state index in [9.17, 15) is 8.42 Å². The summed E-state index contributed by atoms with van der Waals surface area (Å²) in [5.41, 5.74) is 6.05. The lowest BCUT2D eigenvalue weighted by molar-refractivity contribution is 0.601. The third kappa shape index (κ3) is 3.38. The largest absolute Gasteiger partial charge is 0.398 e. The summed E-state index contributed by atoms with van der Waals surface area (Å²) in [6.07, 6.45) is 0. The first kappa shape index (κ1) is 15.4. The van der Waals surface area contributed by atoms with Gasteiger partial charge < -0.3 is 5.73 Å². The van der Waals surface area contributed by atoms with Crippen molar-refractivity contribution in [1.29, 1.82) is 0 Å². The Labute approximate surface area is 135 Å². The van der Waals surface area contributed by atoms with Crippen LogP contribution in [0, 0.1) is 0 Å². The van der Waals surface area contributed by atoms with Crippen LogP contribution in [0.1, 0.15) is 0 Å². The molecule has 0 atom stereocenters. The van der Waals surface area contributed by atoms with E-state index in [1.807, 2.05) is 0 Å². The van der Waals surface area contributed by atoms with Crippen molar-refractivity contribution in [2.75, 3.05) is 10.5 Å². The Kier molecular flexibility index (Phi) is 4.49. The quantitative estimate of drug-likeness (QED) is 0.767. The Morgan fingerprint density at radius 2 is 1.80 bits per heavy atom. The van der Waals surface area contributed by atoms with Crippen LogP contribution < -0.4 is 10.5 Å². The Hall–Kier alpha value is -0.950. The molecule has 3 N–H and O–H groups in total. The SMILES string of the molecule is Nc1cc(Br)ccc1S(=O)(=O)Nc1cc(Cl)ccc1Cl. The Bertz CT molecular complexity index is 766. The minimum Gasteiger partial charge on any atom is -0.398 e. The van der Waals surface area contributed by atoms with Gasteiger partial charge in [0, 0.05) is 9.50 Å². The molecule has 0 saturated carbocycles. The van der Waals surface area contributed by atoms with E-state index >= 15 is 0 Å². The zero-order chi connectivity index (χ0) is 14.9. The van der Waals surface area contributed by atoms with Gasteiger partial charge in [-0.25, -0.2) is 8.42 Å². The zero-order valence-corrected chi connectivity index (χ0v) is 13.8. The van der Waals surface area contributed by atoms with Crippen molar-refractivity contribution >= 4 is 60.5 Å². The molecule has 8 heteroatoms. The maximum atomic E-state index is 12.3. The molecule has 0 aliphatic rings. The summed E-state index contributed by atoms with van der Waals surface area (Å²) in [6.45, 7) is 0. The normalized spacial score (nSPS) is 11.3. The Morgan fingerprint density at radius 3 is 2.45 bits per heavy atom. The second-order valence-corrected chi connectivity index (χ2v) is 7.32. The molecule has 2 aromatic carbocycles. The van der Waals surface area contributed by atoms with Crippen LogP contribution in [0.25, 0.3) is 0 Å². The Balaban J connectivity index is 2.43. The summed E-state index contributed by atoms with van der Waals surface area (Å²) in [5, 5.41) is 0.615. The van der Waals surface area contributed by atoms with E-state index in [1.165, 1.54) is 24.3 Å². The lowest BCUT2D eigenvalue weighted by Gasteiger charge is -2.11. The van der Waals surface area contributed by atoms with Crippen LogP contribution in [-0.4, -0.2) is 8.42 Å². The van der Waals surface area contributed by atoms with Crippen LogP contribution >= 0.6 is 39.1 Å². The molecule has 0 unspecified atom stereocenters. The number of hydrogen-bond acceptors (Lipinski definition) is 3. The third-order valence-electron chi connectivity index (χ3n) is 2.43. The summed E-state index contributed by atoms with van der Waals surface area (Å²) in [4.78, 5) is -0.0308. The molecule has 4 nitrogen and oxygen atoms in total. The number of anilines is 2. The number of nitrogens with two attached hydrogens (primary N) is 1. The van der Waals surface area contributed by atoms with Crippen molar-refractivity contribution in [3.8, 4) is 0 Å². The molecular weight excluding hydrogens is 387 g/mol. The van der Waals surface area contributed by atoms with Gasteiger partial charge in [0.1, 0.15) is 4.90 Å². The van der Waals surface area contributed by atoms with E-state index in [1.54, 1.807) is 12.1 Å². The standard InChI is InChI=1S/C12H9BrCl2N2O2S/c13-7-1-4-12(10(16)5-7)20(18,19)17-11-6-8(14)2-3-9(11)15/h1-6,17H,16H2. The second kappa shape index (κ2) is 5.81. The van der Waals surface area contributed by atoms with Gasteiger partial charge in [0.15, 0.2) is 0 Å². The number of benzene rings is 2. The van der Waals surface area contributed by atoms with E-state index in [4.69, 9.17) is 28.9 Å². The molecule has 2 rings (SSSR count). The van der Waals surface area contributed by atoms with Gasteiger partial charge in [0.2, 0.25) is 0 Å². The topological polar surface area (TPSA) is 72.2 Å². The third-order valence-corrected chi connectivity index (χ3v) is 4.93. The predicted octanol–water partition coefficient (Wildman–Crippen LogP) is 4.14. The minimum atomic E-state index is -3.84. The first-order valence-corrected chi connectivity index (χ1v) is 8.36. The molecule has 0 spiro atoms. The van der Waals surface area contributed by atoms with Crippen LogP contribution in [0.2, 0.25) is 10.0 Å². The van der Waals surface area contributed by atoms with Gasteiger partial charge in [0.05, 0.1) is 16.4 Å². The van der Waals surface area contributed by atoms with Crippen LogP contribution in [0.3, 0.4) is 0 Å². The molecule has 0 amide bonds. The summed E-state index contributed by atoms with van der Waals surface area (Å²) in [5.74, 6) is 0.